The van der Waals surface area contributed by atoms with Gasteiger partial charge in [-0.1, -0.05) is 30.3 Å². The Morgan fingerprint density at radius 1 is 1.22 bits per heavy atom. The number of amides is 1. The van der Waals surface area contributed by atoms with Gasteiger partial charge in [0.1, 0.15) is 9.71 Å². The quantitative estimate of drug-likeness (QED) is 0.592. The molecule has 3 heterocycles. The van der Waals surface area contributed by atoms with Crippen LogP contribution in [-0.2, 0) is 0 Å². The molecular formula is C19H22Cl2N4OS. The van der Waals surface area contributed by atoms with E-state index in [0.29, 0.717) is 16.5 Å². The number of nitrogens with one attached hydrogen (secondary N) is 1. The van der Waals surface area contributed by atoms with Gasteiger partial charge in [0.15, 0.2) is 0 Å². The second kappa shape index (κ2) is 8.89. The van der Waals surface area contributed by atoms with Crippen LogP contribution in [0.15, 0.2) is 36.4 Å². The van der Waals surface area contributed by atoms with Crippen molar-refractivity contribution in [1.82, 2.24) is 10.3 Å². The lowest BCUT2D eigenvalue weighted by molar-refractivity contribution is 0.100. The molecule has 3 aromatic rings. The van der Waals surface area contributed by atoms with Crippen LogP contribution in [0.3, 0.4) is 0 Å². The summed E-state index contributed by atoms with van der Waals surface area (Å²) in [6.07, 6.45) is 2.23. The van der Waals surface area contributed by atoms with Crippen molar-refractivity contribution in [1.29, 1.82) is 0 Å². The highest BCUT2D eigenvalue weighted by atomic mass is 35.5. The molecular weight excluding hydrogens is 403 g/mol. The summed E-state index contributed by atoms with van der Waals surface area (Å²) in [7, 11) is 0. The number of benzene rings is 1. The van der Waals surface area contributed by atoms with Gasteiger partial charge in [0, 0.05) is 17.5 Å². The monoisotopic (exact) mass is 424 g/mol. The number of primary amides is 1. The van der Waals surface area contributed by atoms with Crippen LogP contribution in [0, 0.1) is 0 Å². The number of nitrogens with zero attached hydrogens (tertiary/aromatic N) is 1. The fourth-order valence-electron chi connectivity index (χ4n) is 3.53. The molecule has 144 valence electrons. The summed E-state index contributed by atoms with van der Waals surface area (Å²) in [5.74, 6) is -0.131. The van der Waals surface area contributed by atoms with Crippen molar-refractivity contribution in [3.8, 4) is 11.3 Å². The van der Waals surface area contributed by atoms with E-state index in [4.69, 9.17) is 16.5 Å². The summed E-state index contributed by atoms with van der Waals surface area (Å²) in [4.78, 5) is 17.7. The largest absolute Gasteiger partial charge is 0.397 e. The molecule has 0 saturated carbocycles. The van der Waals surface area contributed by atoms with Crippen molar-refractivity contribution < 1.29 is 4.79 Å². The van der Waals surface area contributed by atoms with Gasteiger partial charge in [-0.05, 0) is 36.9 Å². The van der Waals surface area contributed by atoms with Crippen LogP contribution in [0.5, 0.6) is 0 Å². The highest BCUT2D eigenvalue weighted by Crippen LogP contribution is 2.40. The predicted molar refractivity (Wildman–Crippen MR) is 117 cm³/mol. The topological polar surface area (TPSA) is 94.0 Å². The van der Waals surface area contributed by atoms with E-state index in [-0.39, 0.29) is 24.8 Å². The molecule has 1 atom stereocenters. The van der Waals surface area contributed by atoms with Gasteiger partial charge in [0.2, 0.25) is 0 Å². The molecule has 1 fully saturated rings. The molecule has 1 unspecified atom stereocenters. The molecule has 5 N–H and O–H groups in total. The third kappa shape index (κ3) is 4.04. The number of nitrogen functional groups attached to an aromatic ring is 1. The van der Waals surface area contributed by atoms with Crippen LogP contribution in [0.1, 0.15) is 34.0 Å². The average Bonchev–Trinajstić information content (AvgIpc) is 2.99. The lowest BCUT2D eigenvalue weighted by atomic mass is 9.89. The summed E-state index contributed by atoms with van der Waals surface area (Å²) in [5.41, 5.74) is 15.4. The number of nitrogens with two attached hydrogens (primary N) is 2. The van der Waals surface area contributed by atoms with Crippen LogP contribution >= 0.6 is 36.2 Å². The number of halogens is 2. The molecule has 2 aromatic heterocycles. The third-order valence-corrected chi connectivity index (χ3v) is 5.87. The van der Waals surface area contributed by atoms with Crippen molar-refractivity contribution in [3.05, 3.63) is 46.8 Å². The summed E-state index contributed by atoms with van der Waals surface area (Å²) in [5, 5.41) is 4.35. The smallest absolute Gasteiger partial charge is 0.260 e. The van der Waals surface area contributed by atoms with Gasteiger partial charge in [-0.25, -0.2) is 4.98 Å². The Morgan fingerprint density at radius 2 is 1.96 bits per heavy atom. The normalized spacial score (nSPS) is 16.4. The molecule has 1 amide bonds. The Bertz CT molecular complexity index is 940. The minimum absolute atomic E-state index is 0. The van der Waals surface area contributed by atoms with Crippen molar-refractivity contribution in [2.75, 3.05) is 18.8 Å². The molecule has 1 aliphatic heterocycles. The minimum Gasteiger partial charge on any atom is -0.397 e. The van der Waals surface area contributed by atoms with Gasteiger partial charge in [0.05, 0.1) is 11.4 Å². The number of rotatable bonds is 3. The molecule has 1 aromatic carbocycles. The molecule has 4 rings (SSSR count). The maximum atomic E-state index is 11.7. The number of hydrogen-bond donors (Lipinski definition) is 3. The van der Waals surface area contributed by atoms with Crippen LogP contribution < -0.4 is 16.8 Å². The number of carbonyl (C=O) groups is 1. The molecule has 0 radical (unpaired) electrons. The Morgan fingerprint density at radius 3 is 2.59 bits per heavy atom. The molecule has 1 aliphatic rings. The Balaban J connectivity index is 0.00000131. The van der Waals surface area contributed by atoms with Crippen molar-refractivity contribution >= 4 is 58.0 Å². The van der Waals surface area contributed by atoms with E-state index in [1.54, 1.807) is 0 Å². The van der Waals surface area contributed by atoms with Crippen LogP contribution in [0.2, 0.25) is 0 Å². The number of aromatic nitrogens is 1. The summed E-state index contributed by atoms with van der Waals surface area (Å²) in [6.45, 7) is 1.95. The zero-order valence-corrected chi connectivity index (χ0v) is 17.1. The van der Waals surface area contributed by atoms with Crippen molar-refractivity contribution in [2.24, 2.45) is 5.73 Å². The summed E-state index contributed by atoms with van der Waals surface area (Å²) < 4.78 is 0. The highest BCUT2D eigenvalue weighted by molar-refractivity contribution is 7.21. The van der Waals surface area contributed by atoms with E-state index in [1.165, 1.54) is 11.3 Å². The number of carbonyl (C=O) groups excluding carboxylic acids is 1. The zero-order valence-electron chi connectivity index (χ0n) is 14.6. The Hall–Kier alpha value is -1.86. The molecule has 5 nitrogen and oxygen atoms in total. The van der Waals surface area contributed by atoms with Crippen LogP contribution in [0.4, 0.5) is 5.69 Å². The zero-order chi connectivity index (χ0) is 17.4. The van der Waals surface area contributed by atoms with E-state index in [1.807, 2.05) is 30.3 Å². The number of thiophene rings is 1. The predicted octanol–water partition coefficient (Wildman–Crippen LogP) is 3.96. The van der Waals surface area contributed by atoms with Crippen LogP contribution in [-0.4, -0.2) is 24.0 Å². The van der Waals surface area contributed by atoms with Gasteiger partial charge < -0.3 is 16.8 Å². The van der Waals surface area contributed by atoms with Gasteiger partial charge in [-0.2, -0.15) is 0 Å². The second-order valence-electron chi connectivity index (χ2n) is 6.40. The third-order valence-electron chi connectivity index (χ3n) is 4.76. The van der Waals surface area contributed by atoms with E-state index >= 15 is 0 Å². The van der Waals surface area contributed by atoms with Crippen LogP contribution in [0.25, 0.3) is 21.5 Å². The first-order valence-electron chi connectivity index (χ1n) is 8.44. The SMILES string of the molecule is Cl.Cl.NC(=O)c1sc2nc(-c3ccccc3)cc(C3CCCNC3)c2c1N. The minimum atomic E-state index is -0.491. The number of pyridine rings is 1. The summed E-state index contributed by atoms with van der Waals surface area (Å²) >= 11 is 1.29. The molecule has 27 heavy (non-hydrogen) atoms. The van der Waals surface area contributed by atoms with E-state index in [2.05, 4.69) is 11.4 Å². The van der Waals surface area contributed by atoms with Crippen molar-refractivity contribution in [3.63, 3.8) is 0 Å². The number of fused-ring (bicyclic) bond motifs is 1. The first kappa shape index (κ1) is 21.4. The van der Waals surface area contributed by atoms with Gasteiger partial charge >= 0.3 is 0 Å². The fraction of sp³-hybridized carbons (Fsp3) is 0.263. The molecule has 1 saturated heterocycles. The lowest BCUT2D eigenvalue weighted by Gasteiger charge is -2.24. The van der Waals surface area contributed by atoms with E-state index < -0.39 is 5.91 Å². The maximum Gasteiger partial charge on any atom is 0.260 e. The van der Waals surface area contributed by atoms with Gasteiger partial charge in [0.25, 0.3) is 5.91 Å². The highest BCUT2D eigenvalue weighted by Gasteiger charge is 2.24. The number of hydrogen-bond acceptors (Lipinski definition) is 5. The summed E-state index contributed by atoms with van der Waals surface area (Å²) in [6, 6.07) is 12.2. The van der Waals surface area contributed by atoms with Crippen molar-refractivity contribution in [2.45, 2.75) is 18.8 Å². The first-order valence-corrected chi connectivity index (χ1v) is 9.25. The number of piperidine rings is 1. The first-order chi connectivity index (χ1) is 12.1. The Labute approximate surface area is 174 Å². The van der Waals surface area contributed by atoms with E-state index in [0.717, 1.165) is 53.0 Å². The van der Waals surface area contributed by atoms with Gasteiger partial charge in [-0.15, -0.1) is 36.2 Å². The lowest BCUT2D eigenvalue weighted by Crippen LogP contribution is -2.28. The maximum absolute atomic E-state index is 11.7. The second-order valence-corrected chi connectivity index (χ2v) is 7.39. The molecule has 0 bridgehead atoms. The molecule has 8 heteroatoms. The standard InChI is InChI=1S/C19H20N4OS.2ClH/c20-16-15-13(12-7-4-8-22-10-12)9-14(11-5-2-1-3-6-11)23-19(15)25-17(16)18(21)24;;/h1-3,5-6,9,12,22H,4,7-8,10,20H2,(H2,21,24);2*1H. The molecule has 0 aliphatic carbocycles. The average molecular weight is 425 g/mol. The fourth-order valence-corrected chi connectivity index (χ4v) is 4.51. The van der Waals surface area contributed by atoms with E-state index in [9.17, 15) is 4.79 Å². The Kier molecular flexibility index (Phi) is 7.06. The number of anilines is 1. The van der Waals surface area contributed by atoms with Gasteiger partial charge in [-0.3, -0.25) is 4.79 Å². The molecule has 0 spiro atoms.